The number of rotatable bonds is 5. The Morgan fingerprint density at radius 2 is 1.76 bits per heavy atom. The van der Waals surface area contributed by atoms with Gasteiger partial charge in [-0.1, -0.05) is 12.2 Å². The number of alkyl halides is 2. The van der Waals surface area contributed by atoms with Gasteiger partial charge in [-0.3, -0.25) is 4.79 Å². The van der Waals surface area contributed by atoms with Gasteiger partial charge in [0, 0.05) is 38.0 Å². The molecule has 0 aromatic heterocycles. The molecule has 7 nitrogen and oxygen atoms in total. The molecule has 1 spiro atoms. The maximum atomic E-state index is 13.7. The van der Waals surface area contributed by atoms with Crippen LogP contribution in [0.2, 0.25) is 0 Å². The maximum Gasteiger partial charge on any atom is 0.318 e. The van der Waals surface area contributed by atoms with E-state index >= 15 is 0 Å². The van der Waals surface area contributed by atoms with E-state index in [0.717, 1.165) is 19.8 Å². The van der Waals surface area contributed by atoms with Crippen LogP contribution >= 0.6 is 0 Å². The van der Waals surface area contributed by atoms with Gasteiger partial charge in [-0.25, -0.2) is 13.6 Å². The van der Waals surface area contributed by atoms with Crippen molar-refractivity contribution in [3.63, 3.8) is 0 Å². The van der Waals surface area contributed by atoms with Crippen LogP contribution in [0.3, 0.4) is 0 Å². The Hall–Kier alpha value is -2.21. The van der Waals surface area contributed by atoms with Gasteiger partial charge in [0.1, 0.15) is 11.6 Å². The normalized spacial score (nSPS) is 23.9. The van der Waals surface area contributed by atoms with Crippen molar-refractivity contribution in [2.75, 3.05) is 33.2 Å². The Labute approximate surface area is 170 Å². The number of likely N-dealkylation sites (tertiary alicyclic amines) is 2. The molecule has 0 bridgehead atoms. The van der Waals surface area contributed by atoms with Crippen LogP contribution in [0, 0.1) is 16.7 Å². The summed E-state index contributed by atoms with van der Waals surface area (Å²) in [4.78, 5) is 29.0. The third kappa shape index (κ3) is 5.44. The van der Waals surface area contributed by atoms with Gasteiger partial charge in [0.2, 0.25) is 11.8 Å². The molecule has 9 heteroatoms. The summed E-state index contributed by atoms with van der Waals surface area (Å²) in [5, 5.41) is 14.7. The molecular formula is C20H29F2N5O2. The van der Waals surface area contributed by atoms with Crippen molar-refractivity contribution in [3.8, 4) is 6.07 Å². The number of piperidine rings is 2. The summed E-state index contributed by atoms with van der Waals surface area (Å²) in [6.45, 7) is 3.00. The highest BCUT2D eigenvalue weighted by molar-refractivity contribution is 5.88. The lowest BCUT2D eigenvalue weighted by molar-refractivity contribution is -0.127. The number of nitrogens with zero attached hydrogens (tertiary/aromatic N) is 3. The number of hydrogen-bond acceptors (Lipinski definition) is 4. The molecule has 1 aliphatic carbocycles. The van der Waals surface area contributed by atoms with E-state index in [1.807, 2.05) is 11.9 Å². The van der Waals surface area contributed by atoms with Crippen LogP contribution in [-0.2, 0) is 4.79 Å². The molecule has 0 aromatic rings. The molecule has 2 saturated heterocycles. The number of carbonyl (C=O) groups excluding carboxylic acids is 2. The van der Waals surface area contributed by atoms with E-state index < -0.39 is 35.9 Å². The monoisotopic (exact) mass is 409 g/mol. The fraction of sp³-hybridized carbons (Fsp3) is 0.750. The fourth-order valence-corrected chi connectivity index (χ4v) is 3.97. The quantitative estimate of drug-likeness (QED) is 0.679. The lowest BCUT2D eigenvalue weighted by atomic mass is 9.88. The van der Waals surface area contributed by atoms with Crippen molar-refractivity contribution in [2.45, 2.75) is 56.5 Å². The number of amides is 3. The summed E-state index contributed by atoms with van der Waals surface area (Å²) in [5.41, 5.74) is -0.956. The van der Waals surface area contributed by atoms with Gasteiger partial charge < -0.3 is 20.4 Å². The Morgan fingerprint density at radius 1 is 1.17 bits per heavy atom. The third-order valence-corrected chi connectivity index (χ3v) is 6.21. The fourth-order valence-electron chi connectivity index (χ4n) is 3.97. The number of hydrogen-bond donors (Lipinski definition) is 2. The molecule has 1 atom stereocenters. The SMILES string of the molecule is CN1CCC(C#N)(NC(=O)[C@H](CC(C)(F)F)NC(=O)N2CCC3(C=C3)CC2)CC1. The first-order valence-electron chi connectivity index (χ1n) is 10.1. The molecule has 160 valence electrons. The van der Waals surface area contributed by atoms with Crippen molar-refractivity contribution in [1.29, 1.82) is 5.26 Å². The number of nitrogens with one attached hydrogen (secondary N) is 2. The Kier molecular flexibility index (Phi) is 5.86. The van der Waals surface area contributed by atoms with E-state index in [9.17, 15) is 23.6 Å². The van der Waals surface area contributed by atoms with Crippen LogP contribution in [-0.4, -0.2) is 72.5 Å². The van der Waals surface area contributed by atoms with Gasteiger partial charge in [0.25, 0.3) is 0 Å². The van der Waals surface area contributed by atoms with Gasteiger partial charge in [-0.05, 0) is 39.7 Å². The smallest absolute Gasteiger partial charge is 0.318 e. The molecular weight excluding hydrogens is 380 g/mol. The van der Waals surface area contributed by atoms with Gasteiger partial charge in [-0.2, -0.15) is 5.26 Å². The second-order valence-corrected chi connectivity index (χ2v) is 8.82. The molecule has 2 fully saturated rings. The Morgan fingerprint density at radius 3 is 2.24 bits per heavy atom. The average molecular weight is 409 g/mol. The number of urea groups is 1. The van der Waals surface area contributed by atoms with Crippen LogP contribution in [0.25, 0.3) is 0 Å². The zero-order chi connectivity index (χ0) is 21.3. The summed E-state index contributed by atoms with van der Waals surface area (Å²) in [6.07, 6.45) is 5.88. The van der Waals surface area contributed by atoms with Gasteiger partial charge in [0.05, 0.1) is 6.07 Å². The Balaban J connectivity index is 1.63. The number of nitriles is 1. The highest BCUT2D eigenvalue weighted by Crippen LogP contribution is 2.44. The van der Waals surface area contributed by atoms with E-state index in [0.29, 0.717) is 39.0 Å². The topological polar surface area (TPSA) is 88.5 Å². The van der Waals surface area contributed by atoms with Crippen molar-refractivity contribution < 1.29 is 18.4 Å². The first-order valence-corrected chi connectivity index (χ1v) is 10.1. The molecule has 0 radical (unpaired) electrons. The predicted molar refractivity (Wildman–Crippen MR) is 103 cm³/mol. The summed E-state index contributed by atoms with van der Waals surface area (Å²) in [6, 6.07) is 0.228. The minimum atomic E-state index is -3.13. The first kappa shape index (κ1) is 21.5. The maximum absolute atomic E-state index is 13.7. The first-order chi connectivity index (χ1) is 13.6. The second kappa shape index (κ2) is 7.90. The zero-order valence-corrected chi connectivity index (χ0v) is 17.0. The second-order valence-electron chi connectivity index (χ2n) is 8.82. The largest absolute Gasteiger partial charge is 0.336 e. The molecule has 3 amide bonds. The van der Waals surface area contributed by atoms with E-state index in [4.69, 9.17) is 0 Å². The summed E-state index contributed by atoms with van der Waals surface area (Å²) in [5.74, 6) is -3.87. The molecule has 2 N–H and O–H groups in total. The lowest BCUT2D eigenvalue weighted by Crippen LogP contribution is -2.60. The standard InChI is InChI=1S/C20H29F2N5O2/c1-18(21,22)13-15(16(28)25-20(14-23)7-9-26(2)10-8-20)24-17(29)27-11-5-19(3-4-19)6-12-27/h3-4,15H,5-13H2,1-2H3,(H,24,29)(H,25,28)/t15-/m0/s1. The molecule has 2 aliphatic heterocycles. The van der Waals surface area contributed by atoms with Crippen LogP contribution in [0.5, 0.6) is 0 Å². The molecule has 2 heterocycles. The minimum Gasteiger partial charge on any atom is -0.336 e. The lowest BCUT2D eigenvalue weighted by Gasteiger charge is -2.37. The molecule has 0 unspecified atom stereocenters. The van der Waals surface area contributed by atoms with E-state index in [1.54, 1.807) is 4.90 Å². The highest BCUT2D eigenvalue weighted by Gasteiger charge is 2.42. The summed E-state index contributed by atoms with van der Waals surface area (Å²) < 4.78 is 27.4. The number of halogens is 2. The molecule has 0 saturated carbocycles. The molecule has 3 rings (SSSR count). The van der Waals surface area contributed by atoms with Crippen LogP contribution in [0.1, 0.15) is 39.0 Å². The van der Waals surface area contributed by atoms with E-state index in [-0.39, 0.29) is 5.41 Å². The minimum absolute atomic E-state index is 0.136. The Bertz CT molecular complexity index is 703. The highest BCUT2D eigenvalue weighted by atomic mass is 19.3. The van der Waals surface area contributed by atoms with Crippen molar-refractivity contribution in [1.82, 2.24) is 20.4 Å². The van der Waals surface area contributed by atoms with Crippen molar-refractivity contribution in [2.24, 2.45) is 5.41 Å². The van der Waals surface area contributed by atoms with Crippen LogP contribution < -0.4 is 10.6 Å². The zero-order valence-electron chi connectivity index (χ0n) is 17.0. The van der Waals surface area contributed by atoms with Crippen molar-refractivity contribution >= 4 is 11.9 Å². The van der Waals surface area contributed by atoms with Crippen LogP contribution in [0.15, 0.2) is 12.2 Å². The van der Waals surface area contributed by atoms with Crippen molar-refractivity contribution in [3.05, 3.63) is 12.2 Å². The number of allylic oxidation sites excluding steroid dienone is 2. The summed E-state index contributed by atoms with van der Waals surface area (Å²) >= 11 is 0. The van der Waals surface area contributed by atoms with Gasteiger partial charge in [0.15, 0.2) is 0 Å². The molecule has 3 aliphatic rings. The third-order valence-electron chi connectivity index (χ3n) is 6.21. The van der Waals surface area contributed by atoms with Gasteiger partial charge in [-0.15, -0.1) is 0 Å². The molecule has 0 aromatic carbocycles. The average Bonchev–Trinajstić information content (AvgIpc) is 3.41. The molecule has 29 heavy (non-hydrogen) atoms. The van der Waals surface area contributed by atoms with Crippen LogP contribution in [0.4, 0.5) is 13.6 Å². The predicted octanol–water partition coefficient (Wildman–Crippen LogP) is 1.87. The van der Waals surface area contributed by atoms with Gasteiger partial charge >= 0.3 is 6.03 Å². The summed E-state index contributed by atoms with van der Waals surface area (Å²) in [7, 11) is 1.92. The number of carbonyl (C=O) groups is 2. The van der Waals surface area contributed by atoms with E-state index in [2.05, 4.69) is 28.9 Å². The van der Waals surface area contributed by atoms with E-state index in [1.165, 1.54) is 0 Å².